The number of rotatable bonds is 4. The average Bonchev–Trinajstić information content (AvgIpc) is 2.17. The molecule has 1 fully saturated rings. The molecule has 0 radical (unpaired) electrons. The van der Waals surface area contributed by atoms with Gasteiger partial charge >= 0.3 is 0 Å². The first-order valence-electron chi connectivity index (χ1n) is 4.76. The Hall–Kier alpha value is -0.450. The Balaban J connectivity index is 2.35. The van der Waals surface area contributed by atoms with Crippen LogP contribution in [0.2, 0.25) is 0 Å². The van der Waals surface area contributed by atoms with Crippen molar-refractivity contribution in [3.05, 3.63) is 22.6 Å². The molecule has 0 unspecified atom stereocenters. The standard InChI is InChI=1S/C10H18N2OS/c1-9(2)14-10(7-11)8-12-3-5-13-6-4-12/h7H,1,3-6,8,11H2,2H3/b10-7-. The van der Waals surface area contributed by atoms with Crippen molar-refractivity contribution in [1.82, 2.24) is 4.90 Å². The number of nitrogens with zero attached hydrogens (tertiary/aromatic N) is 1. The molecule has 1 heterocycles. The van der Waals surface area contributed by atoms with Gasteiger partial charge in [-0.1, -0.05) is 18.3 Å². The van der Waals surface area contributed by atoms with E-state index < -0.39 is 0 Å². The highest BCUT2D eigenvalue weighted by molar-refractivity contribution is 8.06. The molecule has 0 aromatic heterocycles. The van der Waals surface area contributed by atoms with E-state index in [1.807, 2.05) is 6.92 Å². The van der Waals surface area contributed by atoms with E-state index in [0.717, 1.165) is 37.8 Å². The largest absolute Gasteiger partial charge is 0.404 e. The van der Waals surface area contributed by atoms with Gasteiger partial charge in [-0.15, -0.1) is 0 Å². The molecule has 0 bridgehead atoms. The van der Waals surface area contributed by atoms with Crippen LogP contribution in [0.25, 0.3) is 0 Å². The lowest BCUT2D eigenvalue weighted by Gasteiger charge is -2.27. The Bertz CT molecular complexity index is 222. The van der Waals surface area contributed by atoms with Crippen molar-refractivity contribution in [2.24, 2.45) is 5.73 Å². The van der Waals surface area contributed by atoms with Crippen molar-refractivity contribution < 1.29 is 4.74 Å². The molecule has 1 aliphatic rings. The molecule has 0 saturated carbocycles. The van der Waals surface area contributed by atoms with Gasteiger partial charge in [-0.25, -0.2) is 0 Å². The summed E-state index contributed by atoms with van der Waals surface area (Å²) >= 11 is 1.65. The number of morpholine rings is 1. The SMILES string of the molecule is C=C(C)S/C(=C\N)CN1CCOCC1. The van der Waals surface area contributed by atoms with Crippen molar-refractivity contribution in [3.8, 4) is 0 Å². The van der Waals surface area contributed by atoms with Crippen molar-refractivity contribution in [2.45, 2.75) is 6.92 Å². The van der Waals surface area contributed by atoms with Crippen LogP contribution in [0, 0.1) is 0 Å². The fourth-order valence-electron chi connectivity index (χ4n) is 1.32. The first kappa shape index (κ1) is 11.6. The second kappa shape index (κ2) is 6.11. The maximum absolute atomic E-state index is 5.56. The number of thioether (sulfide) groups is 1. The third kappa shape index (κ3) is 4.17. The van der Waals surface area contributed by atoms with E-state index in [4.69, 9.17) is 10.5 Å². The van der Waals surface area contributed by atoms with Gasteiger partial charge in [0.15, 0.2) is 0 Å². The van der Waals surface area contributed by atoms with Gasteiger partial charge in [-0.05, 0) is 11.8 Å². The van der Waals surface area contributed by atoms with Crippen molar-refractivity contribution in [2.75, 3.05) is 32.8 Å². The second-order valence-corrected chi connectivity index (χ2v) is 4.75. The predicted molar refractivity (Wildman–Crippen MR) is 61.9 cm³/mol. The number of nitrogens with two attached hydrogens (primary N) is 1. The first-order valence-corrected chi connectivity index (χ1v) is 5.58. The zero-order valence-corrected chi connectivity index (χ0v) is 9.48. The summed E-state index contributed by atoms with van der Waals surface area (Å²) in [6, 6.07) is 0. The van der Waals surface area contributed by atoms with E-state index >= 15 is 0 Å². The summed E-state index contributed by atoms with van der Waals surface area (Å²) in [6.07, 6.45) is 1.68. The molecule has 0 aromatic carbocycles. The molecule has 3 nitrogen and oxygen atoms in total. The monoisotopic (exact) mass is 214 g/mol. The molecule has 4 heteroatoms. The van der Waals surface area contributed by atoms with Crippen molar-refractivity contribution in [1.29, 1.82) is 0 Å². The van der Waals surface area contributed by atoms with Gasteiger partial charge in [0.1, 0.15) is 0 Å². The fourth-order valence-corrected chi connectivity index (χ4v) is 2.09. The maximum atomic E-state index is 5.56. The molecule has 0 amide bonds. The maximum Gasteiger partial charge on any atom is 0.0594 e. The van der Waals surface area contributed by atoms with Crippen LogP contribution < -0.4 is 5.73 Å². The lowest BCUT2D eigenvalue weighted by molar-refractivity contribution is 0.0430. The molecule has 2 N–H and O–H groups in total. The molecule has 1 saturated heterocycles. The van der Waals surface area contributed by atoms with Gasteiger partial charge in [0.2, 0.25) is 0 Å². The number of ether oxygens (including phenoxy) is 1. The van der Waals surface area contributed by atoms with Crippen LogP contribution >= 0.6 is 11.8 Å². The smallest absolute Gasteiger partial charge is 0.0594 e. The molecule has 0 aromatic rings. The second-order valence-electron chi connectivity index (χ2n) is 3.33. The molecular weight excluding hydrogens is 196 g/mol. The highest BCUT2D eigenvalue weighted by Crippen LogP contribution is 2.23. The zero-order chi connectivity index (χ0) is 10.4. The van der Waals surface area contributed by atoms with Crippen LogP contribution in [0.15, 0.2) is 22.6 Å². The van der Waals surface area contributed by atoms with Gasteiger partial charge in [-0.2, -0.15) is 0 Å². The number of hydrogen-bond acceptors (Lipinski definition) is 4. The summed E-state index contributed by atoms with van der Waals surface area (Å²) in [4.78, 5) is 4.59. The summed E-state index contributed by atoms with van der Waals surface area (Å²) < 4.78 is 5.28. The van der Waals surface area contributed by atoms with Gasteiger partial charge < -0.3 is 10.5 Å². The van der Waals surface area contributed by atoms with E-state index in [0.29, 0.717) is 0 Å². The van der Waals surface area contributed by atoms with Crippen LogP contribution in [-0.2, 0) is 4.74 Å². The highest BCUT2D eigenvalue weighted by atomic mass is 32.2. The quantitative estimate of drug-likeness (QED) is 0.767. The van der Waals surface area contributed by atoms with Gasteiger partial charge in [0.05, 0.1) is 13.2 Å². The van der Waals surface area contributed by atoms with Crippen LogP contribution in [0.1, 0.15) is 6.92 Å². The Kier molecular flexibility index (Phi) is 5.07. The summed E-state index contributed by atoms with van der Waals surface area (Å²) in [5.74, 6) is 0. The summed E-state index contributed by atoms with van der Waals surface area (Å²) in [5.41, 5.74) is 5.56. The summed E-state index contributed by atoms with van der Waals surface area (Å²) in [6.45, 7) is 10.4. The first-order chi connectivity index (χ1) is 6.72. The summed E-state index contributed by atoms with van der Waals surface area (Å²) in [5, 5.41) is 0. The lowest BCUT2D eigenvalue weighted by atomic mass is 10.4. The van der Waals surface area contributed by atoms with Crippen LogP contribution in [0.5, 0.6) is 0 Å². The van der Waals surface area contributed by atoms with E-state index in [9.17, 15) is 0 Å². The molecule has 1 aliphatic heterocycles. The van der Waals surface area contributed by atoms with E-state index in [1.54, 1.807) is 18.0 Å². The van der Waals surface area contributed by atoms with Crippen LogP contribution in [0.4, 0.5) is 0 Å². The molecule has 14 heavy (non-hydrogen) atoms. The van der Waals surface area contributed by atoms with E-state index in [1.165, 1.54) is 4.91 Å². The van der Waals surface area contributed by atoms with Gasteiger partial charge in [0.25, 0.3) is 0 Å². The van der Waals surface area contributed by atoms with Crippen molar-refractivity contribution >= 4 is 11.8 Å². The average molecular weight is 214 g/mol. The van der Waals surface area contributed by atoms with Crippen molar-refractivity contribution in [3.63, 3.8) is 0 Å². The third-order valence-corrected chi connectivity index (χ3v) is 2.85. The molecule has 80 valence electrons. The Morgan fingerprint density at radius 2 is 2.21 bits per heavy atom. The molecule has 1 rings (SSSR count). The molecular formula is C10H18N2OS. The minimum atomic E-state index is 0.829. The number of hydrogen-bond donors (Lipinski definition) is 1. The minimum Gasteiger partial charge on any atom is -0.404 e. The van der Waals surface area contributed by atoms with E-state index in [2.05, 4.69) is 11.5 Å². The normalized spacial score (nSPS) is 19.6. The fraction of sp³-hybridized carbons (Fsp3) is 0.600. The minimum absolute atomic E-state index is 0.829. The Morgan fingerprint density at radius 1 is 1.57 bits per heavy atom. The van der Waals surface area contributed by atoms with Crippen LogP contribution in [0.3, 0.4) is 0 Å². The summed E-state index contributed by atoms with van der Waals surface area (Å²) in [7, 11) is 0. The number of allylic oxidation sites excluding steroid dienone is 1. The van der Waals surface area contributed by atoms with Gasteiger partial charge in [-0.3, -0.25) is 4.90 Å². The molecule has 0 atom stereocenters. The third-order valence-electron chi connectivity index (χ3n) is 1.97. The topological polar surface area (TPSA) is 38.5 Å². The van der Waals surface area contributed by atoms with Crippen LogP contribution in [-0.4, -0.2) is 37.7 Å². The zero-order valence-electron chi connectivity index (χ0n) is 8.66. The Labute approximate surface area is 90.0 Å². The Morgan fingerprint density at radius 3 is 2.71 bits per heavy atom. The van der Waals surface area contributed by atoms with E-state index in [-0.39, 0.29) is 0 Å². The highest BCUT2D eigenvalue weighted by Gasteiger charge is 2.11. The molecule has 0 aliphatic carbocycles. The molecule has 0 spiro atoms. The predicted octanol–water partition coefficient (Wildman–Crippen LogP) is 1.39. The van der Waals surface area contributed by atoms with Gasteiger partial charge in [0, 0.05) is 30.7 Å². The lowest BCUT2D eigenvalue weighted by Crippen LogP contribution is -2.37.